The Kier molecular flexibility index (Phi) is 2.93. The first-order chi connectivity index (χ1) is 10.2. The minimum Gasteiger partial charge on any atom is -0.456 e. The topological polar surface area (TPSA) is 115 Å². The normalized spacial score (nSPS) is 10.2. The summed E-state index contributed by atoms with van der Waals surface area (Å²) in [5.74, 6) is 0.641. The Morgan fingerprint density at radius 2 is 2.00 bits per heavy atom. The maximum Gasteiger partial charge on any atom is 0.271 e. The van der Waals surface area contributed by atoms with E-state index >= 15 is 0 Å². The number of hydrogen-bond acceptors (Lipinski definition) is 7. The monoisotopic (exact) mass is 282 g/mol. The van der Waals surface area contributed by atoms with Crippen molar-refractivity contribution in [3.63, 3.8) is 0 Å². The summed E-state index contributed by atoms with van der Waals surface area (Å²) >= 11 is 0. The molecule has 0 amide bonds. The van der Waals surface area contributed by atoms with Gasteiger partial charge in [-0.1, -0.05) is 0 Å². The molecule has 0 atom stereocenters. The van der Waals surface area contributed by atoms with Crippen LogP contribution in [0.3, 0.4) is 0 Å². The second-order valence-corrected chi connectivity index (χ2v) is 4.07. The first kappa shape index (κ1) is 12.6. The van der Waals surface area contributed by atoms with Crippen LogP contribution in [0.15, 0.2) is 41.0 Å². The van der Waals surface area contributed by atoms with E-state index in [1.54, 1.807) is 18.2 Å². The van der Waals surface area contributed by atoms with Crippen molar-refractivity contribution >= 4 is 16.7 Å². The van der Waals surface area contributed by atoms with Gasteiger partial charge >= 0.3 is 0 Å². The lowest BCUT2D eigenvalue weighted by Crippen LogP contribution is -1.92. The zero-order valence-electron chi connectivity index (χ0n) is 10.4. The summed E-state index contributed by atoms with van der Waals surface area (Å²) in [5.41, 5.74) is 0.983. The Balaban J connectivity index is 1.97. The average molecular weight is 282 g/mol. The second kappa shape index (κ2) is 4.90. The predicted octanol–water partition coefficient (Wildman–Crippen LogP) is 2.79. The van der Waals surface area contributed by atoms with Gasteiger partial charge in [0.25, 0.3) is 5.69 Å². The summed E-state index contributed by atoms with van der Waals surface area (Å²) in [6.07, 6.45) is 0. The summed E-state index contributed by atoms with van der Waals surface area (Å²) in [6.45, 7) is 0. The summed E-state index contributed by atoms with van der Waals surface area (Å²) in [7, 11) is 0. The van der Waals surface area contributed by atoms with Gasteiger partial charge in [0.15, 0.2) is 0 Å². The maximum absolute atomic E-state index is 10.7. The zero-order valence-corrected chi connectivity index (χ0v) is 10.4. The van der Waals surface area contributed by atoms with Crippen LogP contribution < -0.4 is 4.74 Å². The molecule has 0 fully saturated rings. The van der Waals surface area contributed by atoms with Crippen LogP contribution in [0.25, 0.3) is 11.0 Å². The molecule has 0 saturated carbocycles. The number of nitrogens with zero attached hydrogens (tertiary/aromatic N) is 4. The first-order valence-electron chi connectivity index (χ1n) is 5.76. The lowest BCUT2D eigenvalue weighted by atomic mass is 10.2. The number of aromatic nitrogens is 2. The highest BCUT2D eigenvalue weighted by atomic mass is 16.6. The second-order valence-electron chi connectivity index (χ2n) is 4.07. The van der Waals surface area contributed by atoms with E-state index in [0.717, 1.165) is 6.07 Å². The van der Waals surface area contributed by atoms with Gasteiger partial charge in [0.1, 0.15) is 34.2 Å². The molecular weight excluding hydrogens is 276 g/mol. The Morgan fingerprint density at radius 1 is 1.19 bits per heavy atom. The molecule has 3 aromatic rings. The molecule has 2 aromatic carbocycles. The third kappa shape index (κ3) is 2.35. The molecule has 0 N–H and O–H groups in total. The van der Waals surface area contributed by atoms with Gasteiger partial charge in [0.05, 0.1) is 4.92 Å². The van der Waals surface area contributed by atoms with E-state index in [1.165, 1.54) is 12.1 Å². The van der Waals surface area contributed by atoms with Crippen molar-refractivity contribution in [1.82, 2.24) is 10.3 Å². The van der Waals surface area contributed by atoms with Crippen molar-refractivity contribution in [1.29, 1.82) is 5.26 Å². The minimum absolute atomic E-state index is 0.0718. The Hall–Kier alpha value is -3.47. The number of nitriles is 1. The van der Waals surface area contributed by atoms with E-state index in [-0.39, 0.29) is 17.0 Å². The zero-order chi connectivity index (χ0) is 14.8. The molecule has 0 saturated heterocycles. The number of fused-ring (bicyclic) bond motifs is 1. The molecule has 8 heteroatoms. The van der Waals surface area contributed by atoms with Crippen molar-refractivity contribution in [2.75, 3.05) is 0 Å². The predicted molar refractivity (Wildman–Crippen MR) is 69.7 cm³/mol. The smallest absolute Gasteiger partial charge is 0.271 e. The summed E-state index contributed by atoms with van der Waals surface area (Å²) in [5, 5.41) is 27.1. The Morgan fingerprint density at radius 3 is 2.76 bits per heavy atom. The van der Waals surface area contributed by atoms with Crippen molar-refractivity contribution < 1.29 is 14.3 Å². The fraction of sp³-hybridized carbons (Fsp3) is 0. The summed E-state index contributed by atoms with van der Waals surface area (Å²) in [6, 6.07) is 10.5. The van der Waals surface area contributed by atoms with E-state index in [0.29, 0.717) is 16.8 Å². The lowest BCUT2D eigenvalue weighted by molar-refractivity contribution is -0.384. The van der Waals surface area contributed by atoms with E-state index < -0.39 is 4.92 Å². The highest BCUT2D eigenvalue weighted by molar-refractivity contribution is 5.74. The number of nitro benzene ring substituents is 1. The number of non-ortho nitro benzene ring substituents is 1. The molecule has 0 unspecified atom stereocenters. The average Bonchev–Trinajstić information content (AvgIpc) is 2.95. The van der Waals surface area contributed by atoms with Gasteiger partial charge in [-0.3, -0.25) is 10.1 Å². The number of benzene rings is 2. The van der Waals surface area contributed by atoms with Crippen molar-refractivity contribution in [3.05, 3.63) is 52.1 Å². The maximum atomic E-state index is 10.7. The number of nitro groups is 1. The number of ether oxygens (including phenoxy) is 1. The van der Waals surface area contributed by atoms with E-state index in [1.807, 2.05) is 6.07 Å². The number of hydrogen-bond donors (Lipinski definition) is 0. The molecule has 0 bridgehead atoms. The van der Waals surface area contributed by atoms with E-state index in [2.05, 4.69) is 14.9 Å². The molecule has 21 heavy (non-hydrogen) atoms. The quantitative estimate of drug-likeness (QED) is 0.535. The van der Waals surface area contributed by atoms with Gasteiger partial charge in [-0.2, -0.15) is 5.26 Å². The van der Waals surface area contributed by atoms with Crippen LogP contribution >= 0.6 is 0 Å². The van der Waals surface area contributed by atoms with Gasteiger partial charge in [-0.05, 0) is 28.5 Å². The molecule has 0 aliphatic carbocycles. The van der Waals surface area contributed by atoms with Crippen molar-refractivity contribution in [3.8, 4) is 17.6 Å². The third-order valence-corrected chi connectivity index (χ3v) is 2.75. The van der Waals surface area contributed by atoms with Crippen LogP contribution in [-0.2, 0) is 0 Å². The Labute approximate surface area is 117 Å². The molecule has 0 spiro atoms. The van der Waals surface area contributed by atoms with Gasteiger partial charge < -0.3 is 4.74 Å². The molecule has 1 heterocycles. The largest absolute Gasteiger partial charge is 0.456 e. The lowest BCUT2D eigenvalue weighted by Gasteiger charge is -2.06. The summed E-state index contributed by atoms with van der Waals surface area (Å²) < 4.78 is 10.1. The van der Waals surface area contributed by atoms with Gasteiger partial charge in [-0.25, -0.2) is 4.63 Å². The molecule has 0 aliphatic heterocycles. The van der Waals surface area contributed by atoms with Crippen LogP contribution in [0.2, 0.25) is 0 Å². The van der Waals surface area contributed by atoms with Crippen molar-refractivity contribution in [2.24, 2.45) is 0 Å². The van der Waals surface area contributed by atoms with Gasteiger partial charge in [0.2, 0.25) is 0 Å². The third-order valence-electron chi connectivity index (χ3n) is 2.75. The van der Waals surface area contributed by atoms with Crippen molar-refractivity contribution in [2.45, 2.75) is 0 Å². The molecule has 8 nitrogen and oxygen atoms in total. The minimum atomic E-state index is -0.572. The highest BCUT2D eigenvalue weighted by Gasteiger charge is 2.12. The SMILES string of the molecule is N#Cc1cc([N+](=O)[O-])ccc1Oc1ccc2nonc2c1. The van der Waals surface area contributed by atoms with E-state index in [9.17, 15) is 10.1 Å². The first-order valence-corrected chi connectivity index (χ1v) is 5.76. The molecular formula is C13H6N4O4. The fourth-order valence-corrected chi connectivity index (χ4v) is 1.76. The van der Waals surface area contributed by atoms with Gasteiger partial charge in [-0.15, -0.1) is 0 Å². The van der Waals surface area contributed by atoms with Gasteiger partial charge in [0, 0.05) is 18.2 Å². The number of rotatable bonds is 3. The molecule has 0 radical (unpaired) electrons. The van der Waals surface area contributed by atoms with Crippen LogP contribution in [0.1, 0.15) is 5.56 Å². The van der Waals surface area contributed by atoms with Crippen LogP contribution in [-0.4, -0.2) is 15.2 Å². The van der Waals surface area contributed by atoms with E-state index in [4.69, 9.17) is 10.00 Å². The molecule has 102 valence electrons. The standard InChI is InChI=1S/C13H6N4O4/c14-7-8-5-9(17(18)19)1-4-13(8)20-10-2-3-11-12(6-10)16-21-15-11/h1-6H. The van der Waals surface area contributed by atoms with Crippen LogP contribution in [0, 0.1) is 21.4 Å². The van der Waals surface area contributed by atoms with Crippen LogP contribution in [0.5, 0.6) is 11.5 Å². The molecule has 1 aromatic heterocycles. The highest BCUT2D eigenvalue weighted by Crippen LogP contribution is 2.29. The molecule has 0 aliphatic rings. The molecule has 3 rings (SSSR count). The Bertz CT molecular complexity index is 881. The van der Waals surface area contributed by atoms with Crippen LogP contribution in [0.4, 0.5) is 5.69 Å². The summed E-state index contributed by atoms with van der Waals surface area (Å²) in [4.78, 5) is 10.1. The fourth-order valence-electron chi connectivity index (χ4n) is 1.76.